The van der Waals surface area contributed by atoms with E-state index in [0.717, 1.165) is 11.5 Å². The summed E-state index contributed by atoms with van der Waals surface area (Å²) in [5.41, 5.74) is 0. The number of carbonyl (C=O) groups is 1. The third-order valence-electron chi connectivity index (χ3n) is 1.79. The van der Waals surface area contributed by atoms with Crippen molar-refractivity contribution in [2.45, 2.75) is 0 Å². The molecule has 0 aliphatic carbocycles. The lowest BCUT2D eigenvalue weighted by molar-refractivity contribution is 0.0661. The summed E-state index contributed by atoms with van der Waals surface area (Å²) in [6.07, 6.45) is 1.42. The molecule has 15 heavy (non-hydrogen) atoms. The Morgan fingerprint density at radius 3 is 3.00 bits per heavy atom. The van der Waals surface area contributed by atoms with Gasteiger partial charge in [-0.25, -0.2) is 0 Å². The minimum Gasteiger partial charge on any atom is -0.395 e. The van der Waals surface area contributed by atoms with Gasteiger partial charge >= 0.3 is 0 Å². The summed E-state index contributed by atoms with van der Waals surface area (Å²) in [6, 6.07) is 0. The number of methoxy groups -OCH3 is 1. The number of aromatic nitrogens is 2. The topological polar surface area (TPSA) is 75.6 Å². The maximum absolute atomic E-state index is 11.8. The Balaban J connectivity index is 2.58. The van der Waals surface area contributed by atoms with E-state index in [-0.39, 0.29) is 12.5 Å². The van der Waals surface area contributed by atoms with Crippen LogP contribution in [0.25, 0.3) is 0 Å². The zero-order valence-corrected chi connectivity index (χ0v) is 9.24. The van der Waals surface area contributed by atoms with Gasteiger partial charge in [0.05, 0.1) is 19.4 Å². The molecule has 0 atom stereocenters. The molecule has 1 amide bonds. The Hall–Kier alpha value is -1.05. The molecule has 1 heterocycles. The van der Waals surface area contributed by atoms with Crippen molar-refractivity contribution in [2.75, 3.05) is 33.4 Å². The average Bonchev–Trinajstić information content (AvgIpc) is 2.76. The third kappa shape index (κ3) is 3.54. The highest BCUT2D eigenvalue weighted by molar-refractivity contribution is 7.07. The Morgan fingerprint density at radius 2 is 2.47 bits per heavy atom. The van der Waals surface area contributed by atoms with Crippen molar-refractivity contribution in [2.24, 2.45) is 0 Å². The molecule has 0 fully saturated rings. The highest BCUT2D eigenvalue weighted by Crippen LogP contribution is 2.06. The minimum absolute atomic E-state index is 0.0678. The molecule has 0 aliphatic rings. The second-order valence-corrected chi connectivity index (χ2v) is 3.58. The van der Waals surface area contributed by atoms with Crippen LogP contribution in [-0.4, -0.2) is 58.9 Å². The lowest BCUT2D eigenvalue weighted by Gasteiger charge is -2.19. The lowest BCUT2D eigenvalue weighted by Crippen LogP contribution is -2.35. The molecule has 0 aromatic carbocycles. The van der Waals surface area contributed by atoms with Crippen LogP contribution in [0.4, 0.5) is 0 Å². The second kappa shape index (κ2) is 6.44. The van der Waals surface area contributed by atoms with Crippen LogP contribution >= 0.6 is 11.5 Å². The molecule has 0 bridgehead atoms. The molecule has 6 nitrogen and oxygen atoms in total. The third-order valence-corrected chi connectivity index (χ3v) is 2.45. The van der Waals surface area contributed by atoms with E-state index in [4.69, 9.17) is 9.84 Å². The van der Waals surface area contributed by atoms with Gasteiger partial charge in [0, 0.05) is 20.2 Å². The predicted molar refractivity (Wildman–Crippen MR) is 54.8 cm³/mol. The van der Waals surface area contributed by atoms with Crippen molar-refractivity contribution in [1.29, 1.82) is 0 Å². The number of aliphatic hydroxyl groups excluding tert-OH is 1. The number of amides is 1. The second-order valence-electron chi connectivity index (χ2n) is 2.79. The fraction of sp³-hybridized carbons (Fsp3) is 0.625. The molecule has 1 rings (SSSR count). The fourth-order valence-electron chi connectivity index (χ4n) is 1.05. The van der Waals surface area contributed by atoms with Crippen molar-refractivity contribution in [1.82, 2.24) is 14.5 Å². The van der Waals surface area contributed by atoms with Gasteiger partial charge < -0.3 is 14.7 Å². The SMILES string of the molecule is COCCN(CCO)C(=O)c1cnns1. The van der Waals surface area contributed by atoms with E-state index < -0.39 is 0 Å². The highest BCUT2D eigenvalue weighted by atomic mass is 32.1. The minimum atomic E-state index is -0.170. The molecule has 0 saturated carbocycles. The zero-order valence-electron chi connectivity index (χ0n) is 8.42. The molecule has 0 aliphatic heterocycles. The van der Waals surface area contributed by atoms with Crippen LogP contribution in [-0.2, 0) is 4.74 Å². The molecule has 1 aromatic heterocycles. The summed E-state index contributed by atoms with van der Waals surface area (Å²) in [7, 11) is 1.57. The fourth-order valence-corrected chi connectivity index (χ4v) is 1.54. The van der Waals surface area contributed by atoms with Gasteiger partial charge in [-0.3, -0.25) is 4.79 Å². The van der Waals surface area contributed by atoms with E-state index in [1.165, 1.54) is 11.1 Å². The zero-order chi connectivity index (χ0) is 11.1. The molecule has 0 unspecified atom stereocenters. The summed E-state index contributed by atoms with van der Waals surface area (Å²) < 4.78 is 8.50. The standard InChI is InChI=1S/C8H13N3O3S/c1-14-5-3-11(2-4-12)8(13)7-6-9-10-15-7/h6,12H,2-5H2,1H3. The van der Waals surface area contributed by atoms with Gasteiger partial charge in [0.25, 0.3) is 5.91 Å². The van der Waals surface area contributed by atoms with Crippen molar-refractivity contribution < 1.29 is 14.6 Å². The van der Waals surface area contributed by atoms with E-state index >= 15 is 0 Å². The molecule has 0 saturated heterocycles. The van der Waals surface area contributed by atoms with Gasteiger partial charge in [0.15, 0.2) is 0 Å². The molecule has 0 radical (unpaired) electrons. The first-order valence-corrected chi connectivity index (χ1v) is 5.23. The van der Waals surface area contributed by atoms with Gasteiger partial charge in [-0.15, -0.1) is 5.10 Å². The van der Waals surface area contributed by atoms with Crippen molar-refractivity contribution >= 4 is 17.4 Å². The van der Waals surface area contributed by atoms with Crippen LogP contribution in [0.3, 0.4) is 0 Å². The number of ether oxygens (including phenoxy) is 1. The number of hydrogen-bond acceptors (Lipinski definition) is 6. The lowest BCUT2D eigenvalue weighted by atomic mass is 10.4. The summed E-state index contributed by atoms with van der Waals surface area (Å²) in [5.74, 6) is -0.170. The van der Waals surface area contributed by atoms with Crippen LogP contribution in [0.15, 0.2) is 6.20 Å². The van der Waals surface area contributed by atoms with Crippen LogP contribution in [0.5, 0.6) is 0 Å². The quantitative estimate of drug-likeness (QED) is 0.722. The van der Waals surface area contributed by atoms with E-state index in [0.29, 0.717) is 24.6 Å². The predicted octanol–water partition coefficient (Wildman–Crippen LogP) is -0.381. The first-order chi connectivity index (χ1) is 7.29. The Morgan fingerprint density at radius 1 is 1.67 bits per heavy atom. The molecule has 1 aromatic rings. The number of rotatable bonds is 6. The summed E-state index contributed by atoms with van der Waals surface area (Å²) >= 11 is 1.04. The van der Waals surface area contributed by atoms with Crippen molar-refractivity contribution in [3.05, 3.63) is 11.1 Å². The van der Waals surface area contributed by atoms with E-state index in [1.807, 2.05) is 0 Å². The van der Waals surface area contributed by atoms with Gasteiger partial charge in [0.1, 0.15) is 4.88 Å². The maximum atomic E-state index is 11.8. The van der Waals surface area contributed by atoms with Gasteiger partial charge in [0.2, 0.25) is 0 Å². The average molecular weight is 231 g/mol. The van der Waals surface area contributed by atoms with Crippen LogP contribution < -0.4 is 0 Å². The number of carbonyl (C=O) groups excluding carboxylic acids is 1. The number of aliphatic hydroxyl groups is 1. The van der Waals surface area contributed by atoms with Crippen LogP contribution in [0.2, 0.25) is 0 Å². The van der Waals surface area contributed by atoms with E-state index in [1.54, 1.807) is 7.11 Å². The molecule has 84 valence electrons. The maximum Gasteiger partial charge on any atom is 0.267 e. The number of hydrogen-bond donors (Lipinski definition) is 1. The smallest absolute Gasteiger partial charge is 0.267 e. The van der Waals surface area contributed by atoms with Crippen LogP contribution in [0, 0.1) is 0 Å². The summed E-state index contributed by atoms with van der Waals surface area (Å²) in [5, 5.41) is 12.4. The molecular formula is C8H13N3O3S. The van der Waals surface area contributed by atoms with E-state index in [9.17, 15) is 4.79 Å². The molecular weight excluding hydrogens is 218 g/mol. The van der Waals surface area contributed by atoms with Crippen LogP contribution in [0.1, 0.15) is 9.67 Å². The first-order valence-electron chi connectivity index (χ1n) is 4.46. The molecule has 1 N–H and O–H groups in total. The summed E-state index contributed by atoms with van der Waals surface area (Å²) in [6.45, 7) is 1.12. The van der Waals surface area contributed by atoms with Gasteiger partial charge in [-0.1, -0.05) is 4.49 Å². The first kappa shape index (κ1) is 12.0. The Kier molecular flexibility index (Phi) is 5.16. The van der Waals surface area contributed by atoms with Gasteiger partial charge in [-0.2, -0.15) is 0 Å². The molecule has 0 spiro atoms. The Bertz CT molecular complexity index is 291. The Labute approximate surface area is 91.6 Å². The highest BCUT2D eigenvalue weighted by Gasteiger charge is 2.16. The monoisotopic (exact) mass is 231 g/mol. The largest absolute Gasteiger partial charge is 0.395 e. The summed E-state index contributed by atoms with van der Waals surface area (Å²) in [4.78, 5) is 13.8. The number of nitrogens with zero attached hydrogens (tertiary/aromatic N) is 3. The van der Waals surface area contributed by atoms with Gasteiger partial charge in [-0.05, 0) is 11.5 Å². The normalized spacial score (nSPS) is 10.3. The van der Waals surface area contributed by atoms with Crippen molar-refractivity contribution in [3.8, 4) is 0 Å². The van der Waals surface area contributed by atoms with E-state index in [2.05, 4.69) is 9.59 Å². The molecule has 7 heteroatoms. The van der Waals surface area contributed by atoms with Crippen molar-refractivity contribution in [3.63, 3.8) is 0 Å².